The van der Waals surface area contributed by atoms with E-state index in [-0.39, 0.29) is 0 Å². The van der Waals surface area contributed by atoms with E-state index in [4.69, 9.17) is 4.74 Å². The molecule has 2 N–H and O–H groups in total. The van der Waals surface area contributed by atoms with Crippen LogP contribution < -0.4 is 4.74 Å². The zero-order chi connectivity index (χ0) is 17.6. The highest BCUT2D eigenvalue weighted by atomic mass is 16.5. The molecule has 5 heteroatoms. The van der Waals surface area contributed by atoms with Gasteiger partial charge >= 0.3 is 5.97 Å². The van der Waals surface area contributed by atoms with Gasteiger partial charge in [0, 0.05) is 13.1 Å². The van der Waals surface area contributed by atoms with Crippen LogP contribution in [0.2, 0.25) is 0 Å². The van der Waals surface area contributed by atoms with Gasteiger partial charge in [-0.3, -0.25) is 9.69 Å². The van der Waals surface area contributed by atoms with Crippen molar-refractivity contribution in [2.75, 3.05) is 26.2 Å². The van der Waals surface area contributed by atoms with E-state index < -0.39 is 17.5 Å². The lowest BCUT2D eigenvalue weighted by atomic mass is 9.73. The zero-order valence-corrected chi connectivity index (χ0v) is 14.7. The lowest BCUT2D eigenvalue weighted by molar-refractivity contribution is -0.164. The van der Waals surface area contributed by atoms with Crippen molar-refractivity contribution in [1.29, 1.82) is 0 Å². The number of para-hydroxylation sites is 1. The molecule has 1 aromatic carbocycles. The number of hydrogen-bond donors (Lipinski definition) is 2. The molecule has 0 amide bonds. The van der Waals surface area contributed by atoms with E-state index in [1.54, 1.807) is 0 Å². The molecule has 0 spiro atoms. The van der Waals surface area contributed by atoms with Crippen molar-refractivity contribution in [2.24, 2.45) is 5.41 Å². The normalized spacial score (nSPS) is 24.7. The molecule has 0 radical (unpaired) electrons. The van der Waals surface area contributed by atoms with Gasteiger partial charge in [-0.2, -0.15) is 0 Å². The van der Waals surface area contributed by atoms with Gasteiger partial charge in [-0.05, 0) is 37.4 Å². The highest BCUT2D eigenvalue weighted by molar-refractivity contribution is 5.75. The van der Waals surface area contributed by atoms with Gasteiger partial charge in [0.05, 0.1) is 11.5 Å². The Balaban J connectivity index is 1.87. The van der Waals surface area contributed by atoms with Crippen molar-refractivity contribution >= 4 is 5.97 Å². The summed E-state index contributed by atoms with van der Waals surface area (Å²) in [5.41, 5.74) is 0.199. The first-order valence-electron chi connectivity index (χ1n) is 8.88. The fraction of sp³-hybridized carbons (Fsp3) is 0.632. The first kappa shape index (κ1) is 18.7. The number of hydrogen-bond acceptors (Lipinski definition) is 4. The van der Waals surface area contributed by atoms with Gasteiger partial charge in [-0.15, -0.1) is 0 Å². The number of rotatable bonds is 8. The van der Waals surface area contributed by atoms with Crippen LogP contribution in [0.25, 0.3) is 0 Å². The van der Waals surface area contributed by atoms with Crippen molar-refractivity contribution in [2.45, 2.75) is 45.6 Å². The quantitative estimate of drug-likeness (QED) is 0.764. The number of nitrogens with zero attached hydrogens (tertiary/aromatic N) is 1. The van der Waals surface area contributed by atoms with Gasteiger partial charge in [-0.1, -0.05) is 38.5 Å². The fourth-order valence-corrected chi connectivity index (χ4v) is 3.55. The molecule has 134 valence electrons. The number of aryl methyl sites for hydroxylation is 1. The predicted octanol–water partition coefficient (Wildman–Crippen LogP) is 2.57. The highest BCUT2D eigenvalue weighted by Crippen LogP contribution is 2.36. The molecular weight excluding hydrogens is 306 g/mol. The predicted molar refractivity (Wildman–Crippen MR) is 93.4 cm³/mol. The second-order valence-corrected chi connectivity index (χ2v) is 6.59. The topological polar surface area (TPSA) is 70.0 Å². The maximum atomic E-state index is 11.6. The Morgan fingerprint density at radius 2 is 2.12 bits per heavy atom. The Morgan fingerprint density at radius 3 is 2.75 bits per heavy atom. The number of carbonyl (C=O) groups is 1. The molecule has 0 aromatic heterocycles. The van der Waals surface area contributed by atoms with Gasteiger partial charge in [0.1, 0.15) is 12.4 Å². The highest BCUT2D eigenvalue weighted by Gasteiger charge is 2.47. The van der Waals surface area contributed by atoms with Crippen molar-refractivity contribution in [3.63, 3.8) is 0 Å². The molecule has 0 aliphatic carbocycles. The van der Waals surface area contributed by atoms with Crippen LogP contribution in [0.15, 0.2) is 24.3 Å². The van der Waals surface area contributed by atoms with Crippen LogP contribution in [-0.2, 0) is 11.2 Å². The minimum absolute atomic E-state index is 0.394. The number of carboxylic acid groups (broad SMARTS) is 1. The molecule has 1 heterocycles. The van der Waals surface area contributed by atoms with E-state index in [9.17, 15) is 15.0 Å². The summed E-state index contributed by atoms with van der Waals surface area (Å²) in [6, 6.07) is 8.00. The van der Waals surface area contributed by atoms with Gasteiger partial charge in [-0.25, -0.2) is 0 Å². The third-order valence-corrected chi connectivity index (χ3v) is 5.08. The van der Waals surface area contributed by atoms with Crippen LogP contribution in [0.1, 0.15) is 38.7 Å². The molecule has 0 bridgehead atoms. The summed E-state index contributed by atoms with van der Waals surface area (Å²) >= 11 is 0. The van der Waals surface area contributed by atoms with Gasteiger partial charge in [0.15, 0.2) is 0 Å². The number of β-amino-alcohol motifs (C(OH)–C–C–N with tert-alkyl or cyclic N) is 1. The van der Waals surface area contributed by atoms with Crippen LogP contribution in [0.5, 0.6) is 5.75 Å². The minimum Gasteiger partial charge on any atom is -0.492 e. The Bertz CT molecular complexity index is 548. The average Bonchev–Trinajstić information content (AvgIpc) is 2.57. The number of aliphatic carboxylic acids is 1. The number of aliphatic hydroxyl groups excluding tert-OH is 1. The smallest absolute Gasteiger partial charge is 0.312 e. The summed E-state index contributed by atoms with van der Waals surface area (Å²) in [6.07, 6.45) is 1.88. The van der Waals surface area contributed by atoms with Crippen molar-refractivity contribution in [1.82, 2.24) is 4.90 Å². The van der Waals surface area contributed by atoms with Crippen molar-refractivity contribution < 1.29 is 19.7 Å². The van der Waals surface area contributed by atoms with E-state index in [1.807, 2.05) is 25.1 Å². The molecule has 0 saturated carbocycles. The van der Waals surface area contributed by atoms with E-state index in [0.29, 0.717) is 39.1 Å². The lowest BCUT2D eigenvalue weighted by Gasteiger charge is -2.42. The van der Waals surface area contributed by atoms with Crippen LogP contribution in [0, 0.1) is 5.41 Å². The standard InChI is InChI=1S/C19H29NO4/c1-3-9-19(18(22)23)10-11-20(14-17(19)21)12-13-24-16-8-6-5-7-15(16)4-2/h5-8,17,21H,3-4,9-14H2,1-2H3,(H,22,23)/t17-,19-/m0/s1. The fourth-order valence-electron chi connectivity index (χ4n) is 3.55. The molecule has 1 aliphatic heterocycles. The monoisotopic (exact) mass is 335 g/mol. The number of ether oxygens (including phenoxy) is 1. The summed E-state index contributed by atoms with van der Waals surface area (Å²) in [6.45, 7) is 6.37. The van der Waals surface area contributed by atoms with Gasteiger partial charge < -0.3 is 14.9 Å². The Hall–Kier alpha value is -1.59. The number of likely N-dealkylation sites (tertiary alicyclic amines) is 1. The number of aliphatic hydroxyl groups is 1. The lowest BCUT2D eigenvalue weighted by Crippen LogP contribution is -2.55. The number of carboxylic acids is 1. The van der Waals surface area contributed by atoms with Crippen LogP contribution >= 0.6 is 0 Å². The van der Waals surface area contributed by atoms with Gasteiger partial charge in [0.2, 0.25) is 0 Å². The Kier molecular flexibility index (Phi) is 6.63. The van der Waals surface area contributed by atoms with E-state index in [1.165, 1.54) is 5.56 Å². The number of piperidine rings is 1. The van der Waals surface area contributed by atoms with Crippen LogP contribution in [0.3, 0.4) is 0 Å². The molecule has 2 atom stereocenters. The third kappa shape index (κ3) is 4.08. The maximum Gasteiger partial charge on any atom is 0.312 e. The summed E-state index contributed by atoms with van der Waals surface area (Å²) in [7, 11) is 0. The number of benzene rings is 1. The molecule has 1 saturated heterocycles. The molecule has 5 nitrogen and oxygen atoms in total. The third-order valence-electron chi connectivity index (χ3n) is 5.08. The average molecular weight is 335 g/mol. The summed E-state index contributed by atoms with van der Waals surface area (Å²) in [4.78, 5) is 13.7. The first-order valence-corrected chi connectivity index (χ1v) is 8.88. The van der Waals surface area contributed by atoms with E-state index in [2.05, 4.69) is 17.9 Å². The largest absolute Gasteiger partial charge is 0.492 e. The molecule has 1 fully saturated rings. The second kappa shape index (κ2) is 8.49. The van der Waals surface area contributed by atoms with Gasteiger partial charge in [0.25, 0.3) is 0 Å². The summed E-state index contributed by atoms with van der Waals surface area (Å²) in [5.74, 6) is 0.0352. The first-order chi connectivity index (χ1) is 11.5. The molecule has 1 aliphatic rings. The SMILES string of the molecule is CCC[C@]1(C(=O)O)CCN(CCOc2ccccc2CC)C[C@@H]1O. The maximum absolute atomic E-state index is 11.6. The Morgan fingerprint density at radius 1 is 1.38 bits per heavy atom. The van der Waals surface area contributed by atoms with Crippen molar-refractivity contribution in [3.8, 4) is 5.75 Å². The van der Waals surface area contributed by atoms with E-state index >= 15 is 0 Å². The molecule has 0 unspecified atom stereocenters. The minimum atomic E-state index is -0.985. The van der Waals surface area contributed by atoms with Crippen molar-refractivity contribution in [3.05, 3.63) is 29.8 Å². The molecule has 2 rings (SSSR count). The van der Waals surface area contributed by atoms with Crippen LogP contribution in [-0.4, -0.2) is 53.4 Å². The summed E-state index contributed by atoms with van der Waals surface area (Å²) < 4.78 is 5.87. The molecular formula is C19H29NO4. The van der Waals surface area contributed by atoms with Crippen LogP contribution in [0.4, 0.5) is 0 Å². The zero-order valence-electron chi connectivity index (χ0n) is 14.7. The molecule has 24 heavy (non-hydrogen) atoms. The van der Waals surface area contributed by atoms with E-state index in [0.717, 1.165) is 18.6 Å². The summed E-state index contributed by atoms with van der Waals surface area (Å²) in [5, 5.41) is 20.0. The molecule has 1 aromatic rings. The Labute approximate surface area is 144 Å². The second-order valence-electron chi connectivity index (χ2n) is 6.59.